The van der Waals surface area contributed by atoms with Crippen LogP contribution in [0.2, 0.25) is 5.02 Å². The van der Waals surface area contributed by atoms with Gasteiger partial charge in [-0.3, -0.25) is 0 Å². The van der Waals surface area contributed by atoms with Crippen molar-refractivity contribution in [3.63, 3.8) is 0 Å². The molecule has 0 saturated heterocycles. The highest BCUT2D eigenvalue weighted by Crippen LogP contribution is 2.36. The zero-order valence-corrected chi connectivity index (χ0v) is 9.47. The predicted octanol–water partition coefficient (Wildman–Crippen LogP) is 1.80. The second kappa shape index (κ2) is 5.21. The minimum absolute atomic E-state index is 0.0939. The van der Waals surface area contributed by atoms with E-state index in [4.69, 9.17) is 22.2 Å². The summed E-state index contributed by atoms with van der Waals surface area (Å²) in [5, 5.41) is 10.4. The van der Waals surface area contributed by atoms with E-state index in [1.165, 1.54) is 7.11 Å². The zero-order chi connectivity index (χ0) is 11.4. The van der Waals surface area contributed by atoms with Crippen LogP contribution in [-0.2, 0) is 11.3 Å². The van der Waals surface area contributed by atoms with Gasteiger partial charge in [0.2, 0.25) is 0 Å². The summed E-state index contributed by atoms with van der Waals surface area (Å²) in [6.45, 7) is 2.14. The highest BCUT2D eigenvalue weighted by Gasteiger charge is 2.14. The number of phenolic OH excluding ortho intramolecular Hbond substituents is 1. The highest BCUT2D eigenvalue weighted by molar-refractivity contribution is 6.31. The van der Waals surface area contributed by atoms with Crippen LogP contribution in [0, 0.1) is 6.92 Å². The average molecular weight is 232 g/mol. The molecule has 4 nitrogen and oxygen atoms in total. The van der Waals surface area contributed by atoms with E-state index in [2.05, 4.69) is 4.84 Å². The first kappa shape index (κ1) is 12.1. The van der Waals surface area contributed by atoms with Crippen LogP contribution in [0.5, 0.6) is 11.5 Å². The topological polar surface area (TPSA) is 64.7 Å². The summed E-state index contributed by atoms with van der Waals surface area (Å²) >= 11 is 5.99. The Morgan fingerprint density at radius 2 is 2.20 bits per heavy atom. The van der Waals surface area contributed by atoms with Gasteiger partial charge in [-0.15, -0.1) is 0 Å². The van der Waals surface area contributed by atoms with Crippen molar-refractivity contribution < 1.29 is 14.7 Å². The van der Waals surface area contributed by atoms with E-state index < -0.39 is 0 Å². The lowest BCUT2D eigenvalue weighted by molar-refractivity contribution is 0.140. The van der Waals surface area contributed by atoms with E-state index in [-0.39, 0.29) is 5.75 Å². The predicted molar refractivity (Wildman–Crippen MR) is 58.2 cm³/mol. The molecule has 0 aliphatic rings. The molecule has 0 heterocycles. The van der Waals surface area contributed by atoms with Crippen LogP contribution in [0.25, 0.3) is 0 Å². The zero-order valence-electron chi connectivity index (χ0n) is 8.71. The molecule has 0 saturated carbocycles. The number of rotatable bonds is 4. The summed E-state index contributed by atoms with van der Waals surface area (Å²) in [6.07, 6.45) is 0.491. The third kappa shape index (κ3) is 2.53. The molecule has 0 unspecified atom stereocenters. The Balaban J connectivity index is 3.15. The second-order valence-corrected chi connectivity index (χ2v) is 3.54. The maximum Gasteiger partial charge on any atom is 0.162 e. The standard InChI is InChI=1S/C10H14ClNO3/c1-6-7(3-4-15-12)10(13)9(14-2)5-8(6)11/h5,13H,3-4,12H2,1-2H3. The Morgan fingerprint density at radius 3 is 2.73 bits per heavy atom. The summed E-state index contributed by atoms with van der Waals surface area (Å²) in [5.74, 6) is 5.39. The molecule has 0 spiro atoms. The van der Waals surface area contributed by atoms with Crippen molar-refractivity contribution in [2.24, 2.45) is 5.90 Å². The maximum absolute atomic E-state index is 9.84. The van der Waals surface area contributed by atoms with Crippen molar-refractivity contribution in [3.8, 4) is 11.5 Å². The first-order valence-corrected chi connectivity index (χ1v) is 4.86. The average Bonchev–Trinajstić information content (AvgIpc) is 2.23. The van der Waals surface area contributed by atoms with Gasteiger partial charge in [0, 0.05) is 23.1 Å². The Hall–Kier alpha value is -0.970. The number of aromatic hydroxyl groups is 1. The molecule has 0 fully saturated rings. The normalized spacial score (nSPS) is 10.4. The summed E-state index contributed by atoms with van der Waals surface area (Å²) in [6, 6.07) is 1.58. The lowest BCUT2D eigenvalue weighted by Crippen LogP contribution is -2.05. The van der Waals surface area contributed by atoms with E-state index in [1.807, 2.05) is 6.92 Å². The van der Waals surface area contributed by atoms with Crippen molar-refractivity contribution in [3.05, 3.63) is 22.2 Å². The lowest BCUT2D eigenvalue weighted by atomic mass is 10.0. The van der Waals surface area contributed by atoms with Gasteiger partial charge in [-0.1, -0.05) is 11.6 Å². The van der Waals surface area contributed by atoms with Crippen LogP contribution in [0.1, 0.15) is 11.1 Å². The molecule has 0 bridgehead atoms. The van der Waals surface area contributed by atoms with Crippen molar-refractivity contribution in [1.29, 1.82) is 0 Å². The fourth-order valence-corrected chi connectivity index (χ4v) is 1.60. The molecule has 0 radical (unpaired) electrons. The molecular weight excluding hydrogens is 218 g/mol. The Bertz CT molecular complexity index is 355. The number of hydrogen-bond acceptors (Lipinski definition) is 4. The minimum Gasteiger partial charge on any atom is -0.504 e. The lowest BCUT2D eigenvalue weighted by Gasteiger charge is -2.13. The Kier molecular flexibility index (Phi) is 4.20. The van der Waals surface area contributed by atoms with Gasteiger partial charge >= 0.3 is 0 Å². The van der Waals surface area contributed by atoms with Crippen LogP contribution in [-0.4, -0.2) is 18.8 Å². The van der Waals surface area contributed by atoms with Crippen LogP contribution in [0.15, 0.2) is 6.07 Å². The maximum atomic E-state index is 9.84. The van der Waals surface area contributed by atoms with E-state index in [9.17, 15) is 5.11 Å². The summed E-state index contributed by atoms with van der Waals surface area (Å²) in [7, 11) is 1.48. The van der Waals surface area contributed by atoms with Crippen LogP contribution < -0.4 is 10.6 Å². The van der Waals surface area contributed by atoms with E-state index in [0.29, 0.717) is 29.4 Å². The number of hydrogen-bond donors (Lipinski definition) is 2. The van der Waals surface area contributed by atoms with Crippen LogP contribution >= 0.6 is 11.6 Å². The number of benzene rings is 1. The quantitative estimate of drug-likeness (QED) is 0.776. The summed E-state index contributed by atoms with van der Waals surface area (Å²) in [5.41, 5.74) is 1.51. The van der Waals surface area contributed by atoms with E-state index in [1.54, 1.807) is 6.07 Å². The van der Waals surface area contributed by atoms with Gasteiger partial charge in [-0.2, -0.15) is 0 Å². The third-order valence-electron chi connectivity index (χ3n) is 2.28. The van der Waals surface area contributed by atoms with Gasteiger partial charge in [0.25, 0.3) is 0 Å². The molecule has 15 heavy (non-hydrogen) atoms. The van der Waals surface area contributed by atoms with Gasteiger partial charge < -0.3 is 14.7 Å². The molecule has 0 amide bonds. The smallest absolute Gasteiger partial charge is 0.162 e. The van der Waals surface area contributed by atoms with Crippen molar-refractivity contribution in [2.45, 2.75) is 13.3 Å². The first-order valence-electron chi connectivity index (χ1n) is 4.48. The monoisotopic (exact) mass is 231 g/mol. The van der Waals surface area contributed by atoms with Crippen molar-refractivity contribution in [1.82, 2.24) is 0 Å². The summed E-state index contributed by atoms with van der Waals surface area (Å²) < 4.78 is 4.99. The Labute approximate surface area is 93.5 Å². The van der Waals surface area contributed by atoms with Gasteiger partial charge in [0.15, 0.2) is 11.5 Å². The van der Waals surface area contributed by atoms with Gasteiger partial charge in [-0.25, -0.2) is 5.90 Å². The minimum atomic E-state index is 0.0939. The molecule has 0 aliphatic heterocycles. The molecular formula is C10H14ClNO3. The van der Waals surface area contributed by atoms with Crippen molar-refractivity contribution >= 4 is 11.6 Å². The number of phenols is 1. The SMILES string of the molecule is COc1cc(Cl)c(C)c(CCON)c1O. The van der Waals surface area contributed by atoms with Crippen LogP contribution in [0.4, 0.5) is 0 Å². The van der Waals surface area contributed by atoms with Crippen LogP contribution in [0.3, 0.4) is 0 Å². The highest BCUT2D eigenvalue weighted by atomic mass is 35.5. The molecule has 0 aliphatic carbocycles. The molecule has 84 valence electrons. The van der Waals surface area contributed by atoms with Crippen molar-refractivity contribution in [2.75, 3.05) is 13.7 Å². The van der Waals surface area contributed by atoms with Gasteiger partial charge in [0.05, 0.1) is 13.7 Å². The fourth-order valence-electron chi connectivity index (χ4n) is 1.38. The fraction of sp³-hybridized carbons (Fsp3) is 0.400. The molecule has 1 aromatic rings. The van der Waals surface area contributed by atoms with E-state index >= 15 is 0 Å². The first-order chi connectivity index (χ1) is 7.11. The number of methoxy groups -OCH3 is 1. The molecule has 1 rings (SSSR count). The number of halogens is 1. The largest absolute Gasteiger partial charge is 0.504 e. The number of ether oxygens (including phenoxy) is 1. The number of nitrogens with two attached hydrogens (primary N) is 1. The van der Waals surface area contributed by atoms with Gasteiger partial charge in [-0.05, 0) is 12.5 Å². The van der Waals surface area contributed by atoms with Gasteiger partial charge in [0.1, 0.15) is 0 Å². The third-order valence-corrected chi connectivity index (χ3v) is 2.67. The molecule has 1 aromatic carbocycles. The molecule has 0 aromatic heterocycles. The molecule has 3 N–H and O–H groups in total. The molecule has 0 atom stereocenters. The summed E-state index contributed by atoms with van der Waals surface area (Å²) in [4.78, 5) is 4.47. The molecule has 5 heteroatoms. The second-order valence-electron chi connectivity index (χ2n) is 3.13. The van der Waals surface area contributed by atoms with E-state index in [0.717, 1.165) is 5.56 Å². The Morgan fingerprint density at radius 1 is 1.53 bits per heavy atom.